The van der Waals surface area contributed by atoms with Crippen LogP contribution >= 0.6 is 104 Å². The Morgan fingerprint density at radius 3 is 1.31 bits per heavy atom. The number of nitrogens with zero attached hydrogens (tertiary/aromatic N) is 6. The summed E-state index contributed by atoms with van der Waals surface area (Å²) in [6.07, 6.45) is 1.52. The molecule has 0 aromatic carbocycles. The van der Waals surface area contributed by atoms with E-state index < -0.39 is 11.4 Å². The highest BCUT2D eigenvalue weighted by atomic mass is 35.6. The van der Waals surface area contributed by atoms with Crippen LogP contribution < -0.4 is 4.74 Å². The van der Waals surface area contributed by atoms with E-state index in [1.54, 1.807) is 6.07 Å². The number of methoxy groups -OCH3 is 1. The molecule has 0 atom stereocenters. The smallest absolute Gasteiger partial charge is 0.250 e. The minimum atomic E-state index is -1.99. The molecular formula is C10H5Cl9N6O. The molecule has 0 amide bonds. The standard InChI is InChI=1S/C6Cl9N3.C4H5N3O/c7-4(8,9)1-16-2(5(10,11)12)18-3(17-1)6(13,14)15;1-8-4-2-3-5-7-6-4/h;2-3H,1H3. The number of rotatable bonds is 1. The fourth-order valence-corrected chi connectivity index (χ4v) is 1.86. The van der Waals surface area contributed by atoms with Gasteiger partial charge in [-0.15, -0.1) is 5.10 Å². The topological polar surface area (TPSA) is 86.6 Å². The molecule has 0 saturated heterocycles. The molecule has 0 aliphatic carbocycles. The average Bonchev–Trinajstić information content (AvgIpc) is 2.53. The molecule has 7 nitrogen and oxygen atoms in total. The predicted molar refractivity (Wildman–Crippen MR) is 104 cm³/mol. The number of ether oxygens (including phenoxy) is 1. The highest BCUT2D eigenvalue weighted by Gasteiger charge is 2.37. The largest absolute Gasteiger partial charge is 0.480 e. The molecule has 0 spiro atoms. The van der Waals surface area contributed by atoms with Gasteiger partial charge in [-0.05, 0) is 5.21 Å². The lowest BCUT2D eigenvalue weighted by molar-refractivity contribution is 0.388. The fourth-order valence-electron chi connectivity index (χ4n) is 1.10. The summed E-state index contributed by atoms with van der Waals surface area (Å²) >= 11 is 50.6. The molecule has 0 saturated carbocycles. The molecule has 2 aromatic rings. The van der Waals surface area contributed by atoms with Crippen LogP contribution in [0.15, 0.2) is 12.3 Å². The molecular weight excluding hydrogens is 539 g/mol. The second-order valence-electron chi connectivity index (χ2n) is 3.96. The van der Waals surface area contributed by atoms with E-state index in [0.717, 1.165) is 0 Å². The zero-order valence-corrected chi connectivity index (χ0v) is 19.0. The molecule has 0 aliphatic rings. The van der Waals surface area contributed by atoms with Gasteiger partial charge >= 0.3 is 0 Å². The Labute approximate surface area is 192 Å². The molecule has 2 aromatic heterocycles. The average molecular weight is 544 g/mol. The third-order valence-electron chi connectivity index (χ3n) is 2.08. The lowest BCUT2D eigenvalue weighted by atomic mass is 10.5. The normalized spacial score (nSPS) is 12.2. The quantitative estimate of drug-likeness (QED) is 0.455. The Bertz CT molecular complexity index is 637. The molecule has 0 bridgehead atoms. The van der Waals surface area contributed by atoms with Crippen molar-refractivity contribution in [1.29, 1.82) is 0 Å². The van der Waals surface area contributed by atoms with Crippen molar-refractivity contribution in [2.75, 3.05) is 7.11 Å². The molecule has 0 aliphatic heterocycles. The van der Waals surface area contributed by atoms with E-state index in [2.05, 4.69) is 30.4 Å². The van der Waals surface area contributed by atoms with Gasteiger partial charge < -0.3 is 4.74 Å². The third-order valence-corrected chi connectivity index (χ3v) is 3.61. The van der Waals surface area contributed by atoms with Crippen LogP contribution in [0.2, 0.25) is 0 Å². The Balaban J connectivity index is 0.000000350. The highest BCUT2D eigenvalue weighted by molar-refractivity contribution is 6.68. The second-order valence-corrected chi connectivity index (χ2v) is 10.8. The van der Waals surface area contributed by atoms with Crippen LogP contribution in [-0.2, 0) is 11.4 Å². The van der Waals surface area contributed by atoms with Gasteiger partial charge in [0.15, 0.2) is 17.5 Å². The first-order valence-electron chi connectivity index (χ1n) is 5.91. The van der Waals surface area contributed by atoms with Gasteiger partial charge in [-0.25, -0.2) is 15.0 Å². The first-order valence-corrected chi connectivity index (χ1v) is 9.31. The van der Waals surface area contributed by atoms with E-state index in [-0.39, 0.29) is 17.5 Å². The molecule has 0 radical (unpaired) electrons. The fraction of sp³-hybridized carbons (Fsp3) is 0.400. The Morgan fingerprint density at radius 2 is 1.12 bits per heavy atom. The molecule has 2 rings (SSSR count). The van der Waals surface area contributed by atoms with E-state index in [1.165, 1.54) is 13.3 Å². The molecule has 16 heteroatoms. The molecule has 26 heavy (non-hydrogen) atoms. The van der Waals surface area contributed by atoms with E-state index in [4.69, 9.17) is 109 Å². The van der Waals surface area contributed by atoms with E-state index in [0.29, 0.717) is 5.88 Å². The van der Waals surface area contributed by atoms with Crippen molar-refractivity contribution in [2.24, 2.45) is 0 Å². The molecule has 2 heterocycles. The first kappa shape index (κ1) is 24.5. The number of aromatic nitrogens is 6. The minimum Gasteiger partial charge on any atom is -0.480 e. The summed E-state index contributed by atoms with van der Waals surface area (Å²) in [6, 6.07) is 1.63. The summed E-state index contributed by atoms with van der Waals surface area (Å²) in [4.78, 5) is 11.1. The van der Waals surface area contributed by atoms with Gasteiger partial charge in [-0.1, -0.05) is 110 Å². The van der Waals surface area contributed by atoms with E-state index in [1.807, 2.05) is 0 Å². The minimum absolute atomic E-state index is 0.329. The van der Waals surface area contributed by atoms with Gasteiger partial charge in [-0.3, -0.25) is 0 Å². The highest BCUT2D eigenvalue weighted by Crippen LogP contribution is 2.43. The van der Waals surface area contributed by atoms with Gasteiger partial charge in [0.05, 0.1) is 13.3 Å². The summed E-state index contributed by atoms with van der Waals surface area (Å²) in [6.45, 7) is 0. The second kappa shape index (κ2) is 9.76. The first-order chi connectivity index (χ1) is 11.7. The molecule has 144 valence electrons. The summed E-state index contributed by atoms with van der Waals surface area (Å²) in [5, 5.41) is 10.3. The Hall–Kier alpha value is 0.430. The van der Waals surface area contributed by atoms with Crippen molar-refractivity contribution < 1.29 is 4.74 Å². The number of alkyl halides is 9. The van der Waals surface area contributed by atoms with Crippen molar-refractivity contribution in [3.8, 4) is 5.88 Å². The Morgan fingerprint density at radius 1 is 0.731 bits per heavy atom. The summed E-state index contributed by atoms with van der Waals surface area (Å²) in [7, 11) is 1.53. The van der Waals surface area contributed by atoms with Gasteiger partial charge in [0.25, 0.3) is 0 Å². The summed E-state index contributed by atoms with van der Waals surface area (Å²) in [5.74, 6) is -0.500. The van der Waals surface area contributed by atoms with Crippen molar-refractivity contribution >= 4 is 104 Å². The van der Waals surface area contributed by atoms with Gasteiger partial charge in [0, 0.05) is 6.07 Å². The van der Waals surface area contributed by atoms with Crippen molar-refractivity contribution in [2.45, 2.75) is 11.4 Å². The van der Waals surface area contributed by atoms with Crippen LogP contribution in [0.25, 0.3) is 0 Å². The van der Waals surface area contributed by atoms with E-state index >= 15 is 0 Å². The maximum atomic E-state index is 5.62. The maximum absolute atomic E-state index is 5.62. The van der Waals surface area contributed by atoms with Crippen LogP contribution in [-0.4, -0.2) is 37.5 Å². The van der Waals surface area contributed by atoms with E-state index in [9.17, 15) is 0 Å². The van der Waals surface area contributed by atoms with Crippen LogP contribution in [0.4, 0.5) is 0 Å². The number of hydrogen-bond donors (Lipinski definition) is 0. The lowest BCUT2D eigenvalue weighted by Crippen LogP contribution is -2.21. The zero-order valence-electron chi connectivity index (χ0n) is 12.1. The van der Waals surface area contributed by atoms with Gasteiger partial charge in [-0.2, -0.15) is 0 Å². The lowest BCUT2D eigenvalue weighted by Gasteiger charge is -2.17. The van der Waals surface area contributed by atoms with Crippen molar-refractivity contribution in [3.63, 3.8) is 0 Å². The predicted octanol–water partition coefficient (Wildman–Crippen LogP) is 5.23. The number of halogens is 9. The monoisotopic (exact) mass is 540 g/mol. The van der Waals surface area contributed by atoms with Crippen molar-refractivity contribution in [3.05, 3.63) is 29.7 Å². The maximum Gasteiger partial charge on any atom is 0.250 e. The third kappa shape index (κ3) is 8.20. The summed E-state index contributed by atoms with van der Waals surface area (Å²) < 4.78 is -1.26. The van der Waals surface area contributed by atoms with Gasteiger partial charge in [0.1, 0.15) is 0 Å². The molecule has 0 N–H and O–H groups in total. The van der Waals surface area contributed by atoms with Crippen LogP contribution in [0.1, 0.15) is 17.5 Å². The van der Waals surface area contributed by atoms with Crippen LogP contribution in [0, 0.1) is 0 Å². The number of hydrogen-bond acceptors (Lipinski definition) is 7. The Kier molecular flexibility index (Phi) is 9.19. The van der Waals surface area contributed by atoms with Crippen molar-refractivity contribution in [1.82, 2.24) is 30.4 Å². The summed E-state index contributed by atoms with van der Waals surface area (Å²) in [5.41, 5.74) is 0. The molecule has 0 unspecified atom stereocenters. The van der Waals surface area contributed by atoms with Crippen LogP contribution in [0.3, 0.4) is 0 Å². The molecule has 0 fully saturated rings. The SMILES string of the molecule is COc1ccnnn1.ClC(Cl)(Cl)c1nc(C(Cl)(Cl)Cl)nc(C(Cl)(Cl)Cl)n1. The van der Waals surface area contributed by atoms with Gasteiger partial charge in [0.2, 0.25) is 17.3 Å². The zero-order chi connectivity index (χ0) is 20.2. The van der Waals surface area contributed by atoms with Crippen LogP contribution in [0.5, 0.6) is 5.88 Å².